The summed E-state index contributed by atoms with van der Waals surface area (Å²) in [7, 11) is 1.64. The lowest BCUT2D eigenvalue weighted by molar-refractivity contribution is 0.188. The smallest absolute Gasteiger partial charge is 0.275 e. The topological polar surface area (TPSA) is 88.0 Å². The van der Waals surface area contributed by atoms with Gasteiger partial charge in [0.25, 0.3) is 5.56 Å². The molecule has 132 valence electrons. The van der Waals surface area contributed by atoms with Crippen molar-refractivity contribution in [3.8, 4) is 11.4 Å². The third-order valence-corrected chi connectivity index (χ3v) is 4.12. The largest absolute Gasteiger partial charge is 0.383 e. The molecule has 4 heterocycles. The van der Waals surface area contributed by atoms with Gasteiger partial charge in [0.05, 0.1) is 6.61 Å². The van der Waals surface area contributed by atoms with E-state index in [0.29, 0.717) is 30.4 Å². The SMILES string of the molecule is COCCn1ccc2ccn(Cc3nc(-c4cccnc4)no3)c(=O)c21. The van der Waals surface area contributed by atoms with Gasteiger partial charge < -0.3 is 18.4 Å². The fourth-order valence-corrected chi connectivity index (χ4v) is 2.82. The Labute approximate surface area is 148 Å². The number of rotatable bonds is 6. The van der Waals surface area contributed by atoms with Crippen LogP contribution >= 0.6 is 0 Å². The maximum absolute atomic E-state index is 12.9. The number of pyridine rings is 2. The van der Waals surface area contributed by atoms with Crippen LogP contribution in [-0.2, 0) is 17.8 Å². The predicted octanol–water partition coefficient (Wildman–Crippen LogP) is 1.94. The molecule has 0 atom stereocenters. The summed E-state index contributed by atoms with van der Waals surface area (Å²) in [5.41, 5.74) is 1.29. The summed E-state index contributed by atoms with van der Waals surface area (Å²) in [5.74, 6) is 0.811. The molecule has 0 aromatic carbocycles. The fourth-order valence-electron chi connectivity index (χ4n) is 2.82. The van der Waals surface area contributed by atoms with Gasteiger partial charge in [-0.15, -0.1) is 0 Å². The third-order valence-electron chi connectivity index (χ3n) is 4.12. The highest BCUT2D eigenvalue weighted by atomic mass is 16.5. The summed E-state index contributed by atoms with van der Waals surface area (Å²) in [6.07, 6.45) is 6.97. The van der Waals surface area contributed by atoms with E-state index >= 15 is 0 Å². The number of aromatic nitrogens is 5. The Hall–Kier alpha value is -3.26. The third kappa shape index (κ3) is 3.02. The van der Waals surface area contributed by atoms with Crippen LogP contribution < -0.4 is 5.56 Å². The number of ether oxygens (including phenoxy) is 1. The molecule has 0 spiro atoms. The average Bonchev–Trinajstić information content (AvgIpc) is 3.30. The second-order valence-corrected chi connectivity index (χ2v) is 5.81. The van der Waals surface area contributed by atoms with Crippen LogP contribution in [0.15, 0.2) is 58.4 Å². The average molecular weight is 351 g/mol. The Morgan fingerprint density at radius 2 is 2.04 bits per heavy atom. The first-order valence-electron chi connectivity index (χ1n) is 8.16. The number of methoxy groups -OCH3 is 1. The van der Waals surface area contributed by atoms with Crippen molar-refractivity contribution in [2.24, 2.45) is 0 Å². The summed E-state index contributed by atoms with van der Waals surface area (Å²) >= 11 is 0. The molecule has 0 bridgehead atoms. The number of hydrogen-bond acceptors (Lipinski definition) is 6. The molecule has 0 amide bonds. The Morgan fingerprint density at radius 3 is 2.81 bits per heavy atom. The molecule has 0 saturated heterocycles. The van der Waals surface area contributed by atoms with Crippen molar-refractivity contribution in [3.63, 3.8) is 0 Å². The molecular formula is C18H17N5O3. The van der Waals surface area contributed by atoms with Crippen molar-refractivity contribution in [1.82, 2.24) is 24.3 Å². The first-order chi connectivity index (χ1) is 12.8. The summed E-state index contributed by atoms with van der Waals surface area (Å²) in [6.45, 7) is 1.36. The summed E-state index contributed by atoms with van der Waals surface area (Å²) in [4.78, 5) is 21.2. The standard InChI is InChI=1S/C18H17N5O3/c1-25-10-9-22-7-4-13-5-8-23(18(24)16(13)22)12-15-20-17(21-26-15)14-3-2-6-19-11-14/h2-8,11H,9-10,12H2,1H3. The maximum atomic E-state index is 12.9. The normalized spacial score (nSPS) is 11.3. The molecule has 0 radical (unpaired) electrons. The second-order valence-electron chi connectivity index (χ2n) is 5.81. The molecule has 0 aliphatic heterocycles. The molecule has 26 heavy (non-hydrogen) atoms. The van der Waals surface area contributed by atoms with Crippen LogP contribution in [0.4, 0.5) is 0 Å². The molecular weight excluding hydrogens is 334 g/mol. The van der Waals surface area contributed by atoms with E-state index in [9.17, 15) is 4.79 Å². The molecule has 4 aromatic heterocycles. The number of nitrogens with zero attached hydrogens (tertiary/aromatic N) is 5. The Bertz CT molecular complexity index is 1080. The minimum absolute atomic E-state index is 0.107. The van der Waals surface area contributed by atoms with Crippen LogP contribution in [0.25, 0.3) is 22.3 Å². The van der Waals surface area contributed by atoms with E-state index in [1.165, 1.54) is 0 Å². The minimum atomic E-state index is -0.107. The molecule has 8 heteroatoms. The van der Waals surface area contributed by atoms with Crippen LogP contribution in [0.5, 0.6) is 0 Å². The molecule has 4 rings (SSSR count). The van der Waals surface area contributed by atoms with Crippen molar-refractivity contribution in [1.29, 1.82) is 0 Å². The van der Waals surface area contributed by atoms with E-state index in [1.807, 2.05) is 29.0 Å². The lowest BCUT2D eigenvalue weighted by Crippen LogP contribution is -2.22. The Kier molecular flexibility index (Phi) is 4.32. The van der Waals surface area contributed by atoms with Gasteiger partial charge in [-0.25, -0.2) is 0 Å². The van der Waals surface area contributed by atoms with Gasteiger partial charge in [0.15, 0.2) is 0 Å². The van der Waals surface area contributed by atoms with Crippen molar-refractivity contribution in [2.45, 2.75) is 13.1 Å². The van der Waals surface area contributed by atoms with Crippen molar-refractivity contribution < 1.29 is 9.26 Å². The molecule has 0 aliphatic rings. The van der Waals surface area contributed by atoms with Gasteiger partial charge in [-0.05, 0) is 24.3 Å². The van der Waals surface area contributed by atoms with E-state index in [0.717, 1.165) is 10.9 Å². The van der Waals surface area contributed by atoms with E-state index < -0.39 is 0 Å². The first-order valence-corrected chi connectivity index (χ1v) is 8.16. The Balaban J connectivity index is 1.64. The minimum Gasteiger partial charge on any atom is -0.383 e. The Morgan fingerprint density at radius 1 is 1.19 bits per heavy atom. The molecule has 0 aliphatic carbocycles. The monoisotopic (exact) mass is 351 g/mol. The molecule has 4 aromatic rings. The van der Waals surface area contributed by atoms with Crippen LogP contribution in [0.1, 0.15) is 5.89 Å². The second kappa shape index (κ2) is 6.93. The van der Waals surface area contributed by atoms with E-state index in [1.54, 1.807) is 36.3 Å². The maximum Gasteiger partial charge on any atom is 0.275 e. The lowest BCUT2D eigenvalue weighted by atomic mass is 10.3. The zero-order chi connectivity index (χ0) is 17.9. The lowest BCUT2D eigenvalue weighted by Gasteiger charge is -2.06. The van der Waals surface area contributed by atoms with Gasteiger partial charge >= 0.3 is 0 Å². The summed E-state index contributed by atoms with van der Waals surface area (Å²) in [5, 5.41) is 4.85. The van der Waals surface area contributed by atoms with Gasteiger partial charge in [0.2, 0.25) is 11.7 Å². The van der Waals surface area contributed by atoms with Gasteiger partial charge in [-0.3, -0.25) is 9.78 Å². The zero-order valence-electron chi connectivity index (χ0n) is 14.2. The fraction of sp³-hybridized carbons (Fsp3) is 0.222. The summed E-state index contributed by atoms with van der Waals surface area (Å²) < 4.78 is 13.9. The van der Waals surface area contributed by atoms with Crippen molar-refractivity contribution in [3.05, 3.63) is 65.3 Å². The highest BCUT2D eigenvalue weighted by molar-refractivity contribution is 5.78. The van der Waals surface area contributed by atoms with Gasteiger partial charge in [-0.1, -0.05) is 5.16 Å². The zero-order valence-corrected chi connectivity index (χ0v) is 14.2. The van der Waals surface area contributed by atoms with Crippen LogP contribution in [0, 0.1) is 0 Å². The molecule has 0 fully saturated rings. The quantitative estimate of drug-likeness (QED) is 0.527. The predicted molar refractivity (Wildman–Crippen MR) is 94.7 cm³/mol. The highest BCUT2D eigenvalue weighted by Crippen LogP contribution is 2.15. The number of hydrogen-bond donors (Lipinski definition) is 0. The molecule has 0 saturated carbocycles. The first kappa shape index (κ1) is 16.2. The summed E-state index contributed by atoms with van der Waals surface area (Å²) in [6, 6.07) is 7.48. The van der Waals surface area contributed by atoms with Crippen molar-refractivity contribution in [2.75, 3.05) is 13.7 Å². The van der Waals surface area contributed by atoms with E-state index in [4.69, 9.17) is 9.26 Å². The molecule has 0 unspecified atom stereocenters. The van der Waals surface area contributed by atoms with Crippen LogP contribution in [-0.4, -0.2) is 38.0 Å². The molecule has 8 nitrogen and oxygen atoms in total. The van der Waals surface area contributed by atoms with Gasteiger partial charge in [0.1, 0.15) is 12.1 Å². The van der Waals surface area contributed by atoms with Crippen LogP contribution in [0.2, 0.25) is 0 Å². The van der Waals surface area contributed by atoms with E-state index in [2.05, 4.69) is 15.1 Å². The van der Waals surface area contributed by atoms with E-state index in [-0.39, 0.29) is 12.1 Å². The molecule has 0 N–H and O–H groups in total. The number of fused-ring (bicyclic) bond motifs is 1. The highest BCUT2D eigenvalue weighted by Gasteiger charge is 2.12. The van der Waals surface area contributed by atoms with Gasteiger partial charge in [-0.2, -0.15) is 4.98 Å². The van der Waals surface area contributed by atoms with Gasteiger partial charge in [0, 0.05) is 49.4 Å². The van der Waals surface area contributed by atoms with Crippen molar-refractivity contribution >= 4 is 10.9 Å². The van der Waals surface area contributed by atoms with Crippen LogP contribution in [0.3, 0.4) is 0 Å².